The van der Waals surface area contributed by atoms with Crippen LogP contribution in [0.1, 0.15) is 25.0 Å². The minimum atomic E-state index is -0.00263. The lowest BCUT2D eigenvalue weighted by Crippen LogP contribution is -2.26. The Morgan fingerprint density at radius 3 is 1.88 bits per heavy atom. The van der Waals surface area contributed by atoms with Crippen molar-refractivity contribution >= 4 is 0 Å². The molecule has 4 rings (SSSR count). The molecule has 0 saturated carbocycles. The molecule has 2 aromatic rings. The van der Waals surface area contributed by atoms with Gasteiger partial charge in [0.05, 0.1) is 13.2 Å². The summed E-state index contributed by atoms with van der Waals surface area (Å²) in [7, 11) is 0. The van der Waals surface area contributed by atoms with Crippen LogP contribution in [0.4, 0.5) is 0 Å². The summed E-state index contributed by atoms with van der Waals surface area (Å²) in [6, 6.07) is 11.5. The molecule has 4 heteroatoms. The molecule has 0 saturated heterocycles. The molecule has 0 fully saturated rings. The van der Waals surface area contributed by atoms with E-state index in [0.29, 0.717) is 13.2 Å². The van der Waals surface area contributed by atoms with Crippen molar-refractivity contribution in [2.75, 3.05) is 20.0 Å². The van der Waals surface area contributed by atoms with Crippen molar-refractivity contribution in [1.82, 2.24) is 0 Å². The lowest BCUT2D eigenvalue weighted by molar-refractivity contribution is 0.140. The molecule has 0 unspecified atom stereocenters. The second-order valence-electron chi connectivity index (χ2n) is 6.72. The number of hydrogen-bond acceptors (Lipinski definition) is 4. The van der Waals surface area contributed by atoms with Gasteiger partial charge in [0, 0.05) is 16.5 Å². The maximum Gasteiger partial charge on any atom is 0.231 e. The fourth-order valence-electron chi connectivity index (χ4n) is 2.52. The predicted molar refractivity (Wildman–Crippen MR) is 89.8 cm³/mol. The first kappa shape index (κ1) is 14.8. The third kappa shape index (κ3) is 2.98. The van der Waals surface area contributed by atoms with E-state index in [9.17, 15) is 0 Å². The molecular weight excluding hydrogens is 304 g/mol. The molecule has 0 bridgehead atoms. The van der Waals surface area contributed by atoms with Crippen molar-refractivity contribution in [3.8, 4) is 34.8 Å². The smallest absolute Gasteiger partial charge is 0.231 e. The highest BCUT2D eigenvalue weighted by atomic mass is 16.7. The van der Waals surface area contributed by atoms with E-state index in [4.69, 9.17) is 18.9 Å². The van der Waals surface area contributed by atoms with Crippen molar-refractivity contribution in [2.45, 2.75) is 13.8 Å². The number of ether oxygens (including phenoxy) is 4. The van der Waals surface area contributed by atoms with Crippen molar-refractivity contribution < 1.29 is 18.9 Å². The van der Waals surface area contributed by atoms with Crippen molar-refractivity contribution in [3.05, 3.63) is 47.5 Å². The summed E-state index contributed by atoms with van der Waals surface area (Å²) in [5.41, 5.74) is 1.76. The molecule has 0 N–H and O–H groups in total. The van der Waals surface area contributed by atoms with Crippen LogP contribution in [0.3, 0.4) is 0 Å². The van der Waals surface area contributed by atoms with Crippen LogP contribution in [0.5, 0.6) is 23.0 Å². The van der Waals surface area contributed by atoms with Crippen LogP contribution in [0, 0.1) is 17.3 Å². The quantitative estimate of drug-likeness (QED) is 0.694. The first-order chi connectivity index (χ1) is 11.6. The molecule has 0 amide bonds. The number of rotatable bonds is 0. The van der Waals surface area contributed by atoms with E-state index in [0.717, 1.165) is 34.1 Å². The molecule has 2 aliphatic rings. The Kier molecular flexibility index (Phi) is 3.50. The maximum atomic E-state index is 5.89. The highest BCUT2D eigenvalue weighted by molar-refractivity contribution is 5.53. The third-order valence-corrected chi connectivity index (χ3v) is 3.90. The average molecular weight is 322 g/mol. The monoisotopic (exact) mass is 322 g/mol. The van der Waals surface area contributed by atoms with Gasteiger partial charge in [0.25, 0.3) is 0 Å². The van der Waals surface area contributed by atoms with Gasteiger partial charge in [0.1, 0.15) is 0 Å². The zero-order valence-electron chi connectivity index (χ0n) is 13.7. The summed E-state index contributed by atoms with van der Waals surface area (Å²) >= 11 is 0. The van der Waals surface area contributed by atoms with Gasteiger partial charge in [-0.2, -0.15) is 0 Å². The zero-order valence-corrected chi connectivity index (χ0v) is 13.7. The van der Waals surface area contributed by atoms with Gasteiger partial charge in [0.15, 0.2) is 23.0 Å². The fraction of sp³-hybridized carbons (Fsp3) is 0.300. The van der Waals surface area contributed by atoms with Crippen LogP contribution in [0.2, 0.25) is 0 Å². The van der Waals surface area contributed by atoms with Crippen LogP contribution in [0.25, 0.3) is 0 Å². The summed E-state index contributed by atoms with van der Waals surface area (Å²) in [5.74, 6) is 9.33. The van der Waals surface area contributed by atoms with E-state index in [-0.39, 0.29) is 12.2 Å². The van der Waals surface area contributed by atoms with E-state index < -0.39 is 0 Å². The van der Waals surface area contributed by atoms with E-state index >= 15 is 0 Å². The Morgan fingerprint density at radius 1 is 0.708 bits per heavy atom. The van der Waals surface area contributed by atoms with Crippen molar-refractivity contribution in [1.29, 1.82) is 0 Å². The Balaban J connectivity index is 1.58. The second-order valence-corrected chi connectivity index (χ2v) is 6.72. The van der Waals surface area contributed by atoms with Gasteiger partial charge < -0.3 is 18.9 Å². The van der Waals surface area contributed by atoms with Gasteiger partial charge in [-0.25, -0.2) is 0 Å². The molecule has 2 aromatic carbocycles. The predicted octanol–water partition coefficient (Wildman–Crippen LogP) is 3.61. The molecule has 2 heterocycles. The van der Waals surface area contributed by atoms with Crippen molar-refractivity contribution in [2.24, 2.45) is 5.41 Å². The summed E-state index contributed by atoms with van der Waals surface area (Å²) < 4.78 is 22.4. The molecule has 4 nitrogen and oxygen atoms in total. The van der Waals surface area contributed by atoms with Crippen LogP contribution in [-0.4, -0.2) is 20.0 Å². The number of hydrogen-bond donors (Lipinski definition) is 0. The maximum absolute atomic E-state index is 5.89. The van der Waals surface area contributed by atoms with Gasteiger partial charge in [-0.15, -0.1) is 0 Å². The highest BCUT2D eigenvalue weighted by Crippen LogP contribution is 2.34. The van der Waals surface area contributed by atoms with Crippen LogP contribution in [0.15, 0.2) is 36.4 Å². The van der Waals surface area contributed by atoms with E-state index in [2.05, 4.69) is 25.7 Å². The molecular formula is C20H18O4. The molecule has 0 radical (unpaired) electrons. The van der Waals surface area contributed by atoms with Crippen LogP contribution < -0.4 is 18.9 Å². The summed E-state index contributed by atoms with van der Waals surface area (Å²) in [6.45, 7) is 5.78. The SMILES string of the molecule is CC1(C)COc2ccc(C#Cc3ccc4c(c3)OCO4)cc2OC1. The molecule has 122 valence electrons. The molecule has 0 spiro atoms. The largest absolute Gasteiger partial charge is 0.489 e. The first-order valence-corrected chi connectivity index (χ1v) is 7.90. The highest BCUT2D eigenvalue weighted by Gasteiger charge is 2.25. The number of benzene rings is 2. The molecule has 2 aliphatic heterocycles. The fourth-order valence-corrected chi connectivity index (χ4v) is 2.52. The zero-order chi connectivity index (χ0) is 16.6. The van der Waals surface area contributed by atoms with Gasteiger partial charge in [-0.05, 0) is 36.4 Å². The van der Waals surface area contributed by atoms with Crippen molar-refractivity contribution in [3.63, 3.8) is 0 Å². The van der Waals surface area contributed by atoms with Crippen LogP contribution >= 0.6 is 0 Å². The third-order valence-electron chi connectivity index (χ3n) is 3.90. The Hall–Kier alpha value is -2.80. The summed E-state index contributed by atoms with van der Waals surface area (Å²) in [4.78, 5) is 0. The Morgan fingerprint density at radius 2 is 1.21 bits per heavy atom. The van der Waals surface area contributed by atoms with E-state index in [1.165, 1.54) is 0 Å². The number of fused-ring (bicyclic) bond motifs is 2. The molecule has 24 heavy (non-hydrogen) atoms. The molecule has 0 aliphatic carbocycles. The standard InChI is InChI=1S/C20H18O4/c1-20(2)11-21-16-7-5-14(9-18(16)22-12-20)3-4-15-6-8-17-19(10-15)24-13-23-17/h5-10H,11-13H2,1-2H3. The minimum absolute atomic E-state index is 0.00263. The van der Waals surface area contributed by atoms with Gasteiger partial charge in [-0.3, -0.25) is 0 Å². The van der Waals surface area contributed by atoms with Crippen LogP contribution in [-0.2, 0) is 0 Å². The Bertz CT molecular complexity index is 842. The van der Waals surface area contributed by atoms with Gasteiger partial charge in [0.2, 0.25) is 6.79 Å². The van der Waals surface area contributed by atoms with E-state index in [1.54, 1.807) is 0 Å². The molecule has 0 atom stereocenters. The van der Waals surface area contributed by atoms with E-state index in [1.807, 2.05) is 36.4 Å². The lowest BCUT2D eigenvalue weighted by atomic mass is 9.97. The molecule has 0 aromatic heterocycles. The Labute approximate surface area is 141 Å². The average Bonchev–Trinajstić information content (AvgIpc) is 2.98. The van der Waals surface area contributed by atoms with Gasteiger partial charge >= 0.3 is 0 Å². The summed E-state index contributed by atoms with van der Waals surface area (Å²) in [5, 5.41) is 0. The minimum Gasteiger partial charge on any atom is -0.489 e. The summed E-state index contributed by atoms with van der Waals surface area (Å²) in [6.07, 6.45) is 0. The lowest BCUT2D eigenvalue weighted by Gasteiger charge is -2.19. The van der Waals surface area contributed by atoms with Gasteiger partial charge in [-0.1, -0.05) is 25.7 Å². The normalized spacial score (nSPS) is 16.8. The topological polar surface area (TPSA) is 36.9 Å². The first-order valence-electron chi connectivity index (χ1n) is 7.90. The second kappa shape index (κ2) is 5.68.